The largest absolute Gasteiger partial charge is 0.388 e. The van der Waals surface area contributed by atoms with Crippen LogP contribution in [0.2, 0.25) is 0 Å². The summed E-state index contributed by atoms with van der Waals surface area (Å²) in [5.41, 5.74) is 4.78. The molecule has 0 amide bonds. The molecule has 1 aliphatic carbocycles. The second-order valence-electron chi connectivity index (χ2n) is 4.74. The highest BCUT2D eigenvalue weighted by atomic mass is 79.9. The summed E-state index contributed by atoms with van der Waals surface area (Å²) in [4.78, 5) is 4.83. The highest BCUT2D eigenvalue weighted by molar-refractivity contribution is 9.10. The number of hydrogen-bond donors (Lipinski definition) is 1. The van der Waals surface area contributed by atoms with Crippen molar-refractivity contribution >= 4 is 32.5 Å². The van der Waals surface area contributed by atoms with Crippen molar-refractivity contribution in [3.8, 4) is 0 Å². The van der Waals surface area contributed by atoms with Gasteiger partial charge in [-0.3, -0.25) is 4.98 Å². The number of nitrogens with zero attached hydrogens (tertiary/aromatic N) is 1. The number of hydrogen-bond acceptors (Lipinski definition) is 2. The predicted octanol–water partition coefficient (Wildman–Crippen LogP) is 4.22. The summed E-state index contributed by atoms with van der Waals surface area (Å²) in [5, 5.41) is 4.48. The molecule has 1 N–H and O–H groups in total. The number of aryl methyl sites for hydroxylation is 1. The molecule has 1 aliphatic rings. The molecule has 0 saturated heterocycles. The maximum atomic E-state index is 4.83. The highest BCUT2D eigenvalue weighted by Gasteiger charge is 2.26. The van der Waals surface area contributed by atoms with Crippen molar-refractivity contribution < 1.29 is 0 Å². The minimum Gasteiger partial charge on any atom is -0.388 e. The van der Waals surface area contributed by atoms with E-state index in [4.69, 9.17) is 4.98 Å². The van der Waals surface area contributed by atoms with E-state index in [1.54, 1.807) is 0 Å². The Balaban J connectivity index is 2.31. The fourth-order valence-corrected chi connectivity index (χ4v) is 2.84. The molecule has 1 saturated carbocycles. The Bertz CT molecular complexity index is 588. The van der Waals surface area contributed by atoms with Crippen LogP contribution < -0.4 is 5.32 Å². The lowest BCUT2D eigenvalue weighted by atomic mass is 10.1. The van der Waals surface area contributed by atoms with Crippen LogP contribution in [-0.4, -0.2) is 12.0 Å². The summed E-state index contributed by atoms with van der Waals surface area (Å²) in [7, 11) is 1.97. The van der Waals surface area contributed by atoms with Gasteiger partial charge in [0.25, 0.3) is 0 Å². The first-order chi connectivity index (χ1) is 8.19. The molecule has 3 rings (SSSR count). The molecular formula is C14H15BrN2. The Kier molecular flexibility index (Phi) is 2.58. The number of nitrogens with one attached hydrogen (secondary N) is 1. The molecule has 0 spiro atoms. The molecule has 0 radical (unpaired) electrons. The lowest BCUT2D eigenvalue weighted by Gasteiger charge is -2.11. The zero-order valence-corrected chi connectivity index (χ0v) is 11.6. The van der Waals surface area contributed by atoms with Crippen molar-refractivity contribution in [1.29, 1.82) is 0 Å². The van der Waals surface area contributed by atoms with E-state index in [0.717, 1.165) is 9.99 Å². The summed E-state index contributed by atoms with van der Waals surface area (Å²) in [6.45, 7) is 2.12. The third-order valence-electron chi connectivity index (χ3n) is 3.35. The van der Waals surface area contributed by atoms with E-state index in [1.165, 1.54) is 35.2 Å². The van der Waals surface area contributed by atoms with Gasteiger partial charge in [0.1, 0.15) is 0 Å². The number of halogens is 1. The van der Waals surface area contributed by atoms with E-state index in [-0.39, 0.29) is 0 Å². The number of anilines is 1. The van der Waals surface area contributed by atoms with Crippen LogP contribution >= 0.6 is 15.9 Å². The maximum Gasteiger partial charge on any atom is 0.0756 e. The van der Waals surface area contributed by atoms with E-state index < -0.39 is 0 Å². The lowest BCUT2D eigenvalue weighted by molar-refractivity contribution is 1.04. The number of benzene rings is 1. The van der Waals surface area contributed by atoms with Crippen LogP contribution in [0.1, 0.15) is 30.0 Å². The van der Waals surface area contributed by atoms with Crippen LogP contribution in [0.5, 0.6) is 0 Å². The Morgan fingerprint density at radius 3 is 2.71 bits per heavy atom. The van der Waals surface area contributed by atoms with Gasteiger partial charge in [0.2, 0.25) is 0 Å². The Morgan fingerprint density at radius 2 is 2.06 bits per heavy atom. The molecule has 1 aromatic heterocycles. The summed E-state index contributed by atoms with van der Waals surface area (Å²) in [6.07, 6.45) is 2.58. The van der Waals surface area contributed by atoms with Crippen molar-refractivity contribution in [2.24, 2.45) is 0 Å². The molecule has 0 unspecified atom stereocenters. The zero-order valence-electron chi connectivity index (χ0n) is 10.0. The van der Waals surface area contributed by atoms with E-state index in [1.807, 2.05) is 7.05 Å². The van der Waals surface area contributed by atoms with Crippen molar-refractivity contribution in [2.45, 2.75) is 25.7 Å². The van der Waals surface area contributed by atoms with Crippen LogP contribution in [0.4, 0.5) is 5.69 Å². The Morgan fingerprint density at radius 1 is 1.29 bits per heavy atom. The molecule has 2 aromatic rings. The van der Waals surface area contributed by atoms with Gasteiger partial charge in [-0.25, -0.2) is 0 Å². The average molecular weight is 291 g/mol. The van der Waals surface area contributed by atoms with E-state index in [2.05, 4.69) is 46.4 Å². The van der Waals surface area contributed by atoms with Crippen LogP contribution in [0.15, 0.2) is 22.7 Å². The van der Waals surface area contributed by atoms with Crippen molar-refractivity contribution in [2.75, 3.05) is 12.4 Å². The Labute approximate surface area is 110 Å². The van der Waals surface area contributed by atoms with Crippen molar-refractivity contribution in [3.63, 3.8) is 0 Å². The molecule has 1 fully saturated rings. The van der Waals surface area contributed by atoms with Crippen molar-refractivity contribution in [3.05, 3.63) is 33.9 Å². The minimum atomic E-state index is 0.689. The second kappa shape index (κ2) is 3.98. The molecule has 17 heavy (non-hydrogen) atoms. The zero-order chi connectivity index (χ0) is 12.0. The van der Waals surface area contributed by atoms with Gasteiger partial charge in [0, 0.05) is 34.2 Å². The maximum absolute atomic E-state index is 4.83. The normalized spacial score (nSPS) is 15.2. The average Bonchev–Trinajstić information content (AvgIpc) is 3.11. The quantitative estimate of drug-likeness (QED) is 0.896. The van der Waals surface area contributed by atoms with Gasteiger partial charge in [-0.1, -0.05) is 15.9 Å². The fourth-order valence-electron chi connectivity index (χ4n) is 2.27. The molecular weight excluding hydrogens is 276 g/mol. The lowest BCUT2D eigenvalue weighted by Crippen LogP contribution is -1.97. The van der Waals surface area contributed by atoms with Gasteiger partial charge in [0.05, 0.1) is 5.52 Å². The minimum absolute atomic E-state index is 0.689. The van der Waals surface area contributed by atoms with E-state index in [0.29, 0.717) is 5.92 Å². The van der Waals surface area contributed by atoms with Crippen LogP contribution in [-0.2, 0) is 0 Å². The summed E-state index contributed by atoms with van der Waals surface area (Å²) in [6, 6.07) is 6.47. The molecule has 88 valence electrons. The summed E-state index contributed by atoms with van der Waals surface area (Å²) < 4.78 is 1.11. The summed E-state index contributed by atoms with van der Waals surface area (Å²) >= 11 is 3.55. The number of fused-ring (bicyclic) bond motifs is 1. The first kappa shape index (κ1) is 11.0. The van der Waals surface area contributed by atoms with Crippen LogP contribution in [0.3, 0.4) is 0 Å². The third kappa shape index (κ3) is 1.93. The Hall–Kier alpha value is -1.09. The highest BCUT2D eigenvalue weighted by Crippen LogP contribution is 2.41. The number of rotatable bonds is 2. The molecule has 0 atom stereocenters. The van der Waals surface area contributed by atoms with Crippen molar-refractivity contribution in [1.82, 2.24) is 4.98 Å². The smallest absolute Gasteiger partial charge is 0.0756 e. The van der Waals surface area contributed by atoms with Gasteiger partial charge in [-0.2, -0.15) is 0 Å². The molecule has 1 aromatic carbocycles. The standard InChI is InChI=1S/C14H15BrN2/c1-8-5-10(15)6-11-13(16-2)7-12(9-3-4-9)17-14(8)11/h5-7,9H,3-4H2,1-2H3,(H,16,17). The first-order valence-corrected chi connectivity index (χ1v) is 6.77. The predicted molar refractivity (Wildman–Crippen MR) is 75.7 cm³/mol. The molecule has 0 aliphatic heterocycles. The van der Waals surface area contributed by atoms with E-state index in [9.17, 15) is 0 Å². The topological polar surface area (TPSA) is 24.9 Å². The third-order valence-corrected chi connectivity index (χ3v) is 3.81. The monoisotopic (exact) mass is 290 g/mol. The van der Waals surface area contributed by atoms with Gasteiger partial charge in [0.15, 0.2) is 0 Å². The first-order valence-electron chi connectivity index (χ1n) is 5.97. The molecule has 3 heteroatoms. The fraction of sp³-hybridized carbons (Fsp3) is 0.357. The number of pyridine rings is 1. The van der Waals surface area contributed by atoms with Gasteiger partial charge >= 0.3 is 0 Å². The van der Waals surface area contributed by atoms with Gasteiger partial charge < -0.3 is 5.32 Å². The molecule has 1 heterocycles. The second-order valence-corrected chi connectivity index (χ2v) is 5.65. The molecule has 0 bridgehead atoms. The van der Waals surface area contributed by atoms with Gasteiger partial charge in [-0.15, -0.1) is 0 Å². The molecule has 2 nitrogen and oxygen atoms in total. The number of aromatic nitrogens is 1. The van der Waals surface area contributed by atoms with Gasteiger partial charge in [-0.05, 0) is 43.5 Å². The van der Waals surface area contributed by atoms with Crippen LogP contribution in [0, 0.1) is 6.92 Å². The SMILES string of the molecule is CNc1cc(C2CC2)nc2c(C)cc(Br)cc12. The van der Waals surface area contributed by atoms with E-state index >= 15 is 0 Å². The van der Waals surface area contributed by atoms with Crippen LogP contribution in [0.25, 0.3) is 10.9 Å². The summed E-state index contributed by atoms with van der Waals surface area (Å²) in [5.74, 6) is 0.689.